The summed E-state index contributed by atoms with van der Waals surface area (Å²) in [5.74, 6) is 0.0551. The van der Waals surface area contributed by atoms with Gasteiger partial charge in [0.25, 0.3) is 11.8 Å². The first-order valence-electron chi connectivity index (χ1n) is 10.3. The SMILES string of the molecule is CC(C)(C)c1ccc(C(=O)N/N=C\c2ccc(OCC(=O)Nc3ccccc3)cc2)cc1. The van der Waals surface area contributed by atoms with Crippen LogP contribution in [0.5, 0.6) is 5.75 Å². The maximum Gasteiger partial charge on any atom is 0.271 e. The summed E-state index contributed by atoms with van der Waals surface area (Å²) in [7, 11) is 0. The van der Waals surface area contributed by atoms with E-state index in [0.717, 1.165) is 16.8 Å². The number of para-hydroxylation sites is 1. The highest BCUT2D eigenvalue weighted by atomic mass is 16.5. The molecule has 0 aromatic heterocycles. The Balaban J connectivity index is 1.46. The number of hydrogen-bond acceptors (Lipinski definition) is 4. The first kappa shape index (κ1) is 22.7. The fourth-order valence-corrected chi connectivity index (χ4v) is 2.87. The molecule has 0 aliphatic heterocycles. The molecule has 0 radical (unpaired) electrons. The molecule has 32 heavy (non-hydrogen) atoms. The summed E-state index contributed by atoms with van der Waals surface area (Å²) in [4.78, 5) is 24.2. The molecule has 2 amide bonds. The van der Waals surface area contributed by atoms with Crippen LogP contribution in [0.15, 0.2) is 84.0 Å². The van der Waals surface area contributed by atoms with Crippen molar-refractivity contribution in [1.82, 2.24) is 5.43 Å². The topological polar surface area (TPSA) is 79.8 Å². The standard InChI is InChI=1S/C26H27N3O3/c1-26(2,3)21-13-11-20(12-14-21)25(31)29-27-17-19-9-15-23(16-10-19)32-18-24(30)28-22-7-5-4-6-8-22/h4-17H,18H2,1-3H3,(H,28,30)(H,29,31)/b27-17-. The number of anilines is 1. The summed E-state index contributed by atoms with van der Waals surface area (Å²) in [6, 6.07) is 23.8. The first-order valence-corrected chi connectivity index (χ1v) is 10.3. The van der Waals surface area contributed by atoms with E-state index in [1.807, 2.05) is 42.5 Å². The Bertz CT molecular complexity index is 1070. The third kappa shape index (κ3) is 6.80. The van der Waals surface area contributed by atoms with Crippen molar-refractivity contribution < 1.29 is 14.3 Å². The van der Waals surface area contributed by atoms with Gasteiger partial charge in [-0.2, -0.15) is 5.10 Å². The summed E-state index contributed by atoms with van der Waals surface area (Å²) in [5.41, 5.74) is 5.79. The van der Waals surface area contributed by atoms with Gasteiger partial charge in [0.2, 0.25) is 0 Å². The lowest BCUT2D eigenvalue weighted by Gasteiger charge is -2.18. The van der Waals surface area contributed by atoms with Gasteiger partial charge in [0.1, 0.15) is 5.75 Å². The highest BCUT2D eigenvalue weighted by molar-refractivity contribution is 5.95. The number of nitrogens with one attached hydrogen (secondary N) is 2. The van der Waals surface area contributed by atoms with Crippen molar-refractivity contribution in [1.29, 1.82) is 0 Å². The van der Waals surface area contributed by atoms with Gasteiger partial charge in [-0.1, -0.05) is 51.1 Å². The Morgan fingerprint density at radius 1 is 0.906 bits per heavy atom. The van der Waals surface area contributed by atoms with Crippen molar-refractivity contribution >= 4 is 23.7 Å². The second-order valence-corrected chi connectivity index (χ2v) is 8.30. The fraction of sp³-hybridized carbons (Fsp3) is 0.192. The molecule has 2 N–H and O–H groups in total. The molecule has 0 heterocycles. The van der Waals surface area contributed by atoms with Crippen LogP contribution in [0.25, 0.3) is 0 Å². The van der Waals surface area contributed by atoms with Gasteiger partial charge in [-0.3, -0.25) is 9.59 Å². The number of nitrogens with zero attached hydrogens (tertiary/aromatic N) is 1. The number of carbonyl (C=O) groups is 2. The van der Waals surface area contributed by atoms with Gasteiger partial charge in [0.05, 0.1) is 6.21 Å². The van der Waals surface area contributed by atoms with E-state index in [1.54, 1.807) is 42.6 Å². The van der Waals surface area contributed by atoms with Gasteiger partial charge in [-0.05, 0) is 65.1 Å². The molecule has 0 unspecified atom stereocenters. The average molecular weight is 430 g/mol. The number of carbonyl (C=O) groups excluding carboxylic acids is 2. The molecular weight excluding hydrogens is 402 g/mol. The Hall–Kier alpha value is -3.93. The highest BCUT2D eigenvalue weighted by Crippen LogP contribution is 2.22. The molecule has 0 aliphatic carbocycles. The van der Waals surface area contributed by atoms with Crippen molar-refractivity contribution in [2.75, 3.05) is 11.9 Å². The van der Waals surface area contributed by atoms with Gasteiger partial charge in [0, 0.05) is 11.3 Å². The Kier molecular flexibility index (Phi) is 7.39. The first-order chi connectivity index (χ1) is 15.3. The second kappa shape index (κ2) is 10.4. The smallest absolute Gasteiger partial charge is 0.271 e. The lowest BCUT2D eigenvalue weighted by molar-refractivity contribution is -0.118. The van der Waals surface area contributed by atoms with Crippen LogP contribution < -0.4 is 15.5 Å². The van der Waals surface area contributed by atoms with Crippen LogP contribution in [0.1, 0.15) is 42.3 Å². The molecule has 0 spiro atoms. The van der Waals surface area contributed by atoms with E-state index in [-0.39, 0.29) is 23.8 Å². The maximum atomic E-state index is 12.2. The van der Waals surface area contributed by atoms with Crippen molar-refractivity contribution in [2.45, 2.75) is 26.2 Å². The van der Waals surface area contributed by atoms with E-state index in [2.05, 4.69) is 36.6 Å². The van der Waals surface area contributed by atoms with Crippen LogP contribution in [0.2, 0.25) is 0 Å². The lowest BCUT2D eigenvalue weighted by atomic mass is 9.87. The van der Waals surface area contributed by atoms with Gasteiger partial charge >= 0.3 is 0 Å². The molecular formula is C26H27N3O3. The van der Waals surface area contributed by atoms with E-state index in [9.17, 15) is 9.59 Å². The molecule has 0 saturated carbocycles. The summed E-state index contributed by atoms with van der Waals surface area (Å²) in [6.45, 7) is 6.29. The number of ether oxygens (including phenoxy) is 1. The quantitative estimate of drug-likeness (QED) is 0.420. The monoisotopic (exact) mass is 429 g/mol. The molecule has 6 nitrogen and oxygen atoms in total. The number of hydrazone groups is 1. The molecule has 0 fully saturated rings. The third-order valence-electron chi connectivity index (χ3n) is 4.70. The van der Waals surface area contributed by atoms with Crippen LogP contribution in [-0.2, 0) is 10.2 Å². The predicted octanol–water partition coefficient (Wildman–Crippen LogP) is 4.77. The van der Waals surface area contributed by atoms with Gasteiger partial charge < -0.3 is 10.1 Å². The van der Waals surface area contributed by atoms with Gasteiger partial charge in [0.15, 0.2) is 6.61 Å². The molecule has 6 heteroatoms. The van der Waals surface area contributed by atoms with Crippen molar-refractivity contribution in [3.63, 3.8) is 0 Å². The molecule has 0 atom stereocenters. The van der Waals surface area contributed by atoms with Crippen LogP contribution in [0, 0.1) is 0 Å². The zero-order chi connectivity index (χ0) is 23.0. The van der Waals surface area contributed by atoms with Crippen molar-refractivity contribution in [2.24, 2.45) is 5.10 Å². The largest absolute Gasteiger partial charge is 0.484 e. The van der Waals surface area contributed by atoms with E-state index in [0.29, 0.717) is 11.3 Å². The Morgan fingerprint density at radius 2 is 1.56 bits per heavy atom. The minimum absolute atomic E-state index is 0.0364. The maximum absolute atomic E-state index is 12.2. The van der Waals surface area contributed by atoms with E-state index >= 15 is 0 Å². The molecule has 0 saturated heterocycles. The van der Waals surface area contributed by atoms with Gasteiger partial charge in [-0.25, -0.2) is 5.43 Å². The lowest BCUT2D eigenvalue weighted by Crippen LogP contribution is -2.20. The van der Waals surface area contributed by atoms with E-state index < -0.39 is 0 Å². The van der Waals surface area contributed by atoms with E-state index in [4.69, 9.17) is 4.74 Å². The average Bonchev–Trinajstić information content (AvgIpc) is 2.78. The Labute approximate surface area is 188 Å². The predicted molar refractivity (Wildman–Crippen MR) is 127 cm³/mol. The number of rotatable bonds is 7. The highest BCUT2D eigenvalue weighted by Gasteiger charge is 2.14. The van der Waals surface area contributed by atoms with Crippen molar-refractivity contribution in [3.8, 4) is 5.75 Å². The minimum atomic E-state index is -0.272. The fourth-order valence-electron chi connectivity index (χ4n) is 2.87. The molecule has 164 valence electrons. The van der Waals surface area contributed by atoms with Crippen LogP contribution in [0.4, 0.5) is 5.69 Å². The number of benzene rings is 3. The summed E-state index contributed by atoms with van der Waals surface area (Å²) < 4.78 is 5.50. The van der Waals surface area contributed by atoms with Crippen LogP contribution >= 0.6 is 0 Å². The zero-order valence-electron chi connectivity index (χ0n) is 18.5. The summed E-state index contributed by atoms with van der Waals surface area (Å²) in [6.07, 6.45) is 1.55. The normalized spacial score (nSPS) is 11.2. The van der Waals surface area contributed by atoms with Crippen molar-refractivity contribution in [3.05, 3.63) is 95.6 Å². The van der Waals surface area contributed by atoms with E-state index in [1.165, 1.54) is 0 Å². The molecule has 0 aliphatic rings. The van der Waals surface area contributed by atoms with Crippen LogP contribution in [-0.4, -0.2) is 24.6 Å². The second-order valence-electron chi connectivity index (χ2n) is 8.30. The molecule has 3 aromatic rings. The Morgan fingerprint density at radius 3 is 2.19 bits per heavy atom. The number of hydrogen-bond donors (Lipinski definition) is 2. The summed E-state index contributed by atoms with van der Waals surface area (Å²) >= 11 is 0. The minimum Gasteiger partial charge on any atom is -0.484 e. The molecule has 3 rings (SSSR count). The third-order valence-corrected chi connectivity index (χ3v) is 4.70. The molecule has 0 bridgehead atoms. The molecule has 3 aromatic carbocycles. The van der Waals surface area contributed by atoms with Crippen LogP contribution in [0.3, 0.4) is 0 Å². The van der Waals surface area contributed by atoms with Gasteiger partial charge in [-0.15, -0.1) is 0 Å². The number of amides is 2. The summed E-state index contributed by atoms with van der Waals surface area (Å²) in [5, 5.41) is 6.77. The zero-order valence-corrected chi connectivity index (χ0v) is 18.5.